The van der Waals surface area contributed by atoms with E-state index in [-0.39, 0.29) is 18.4 Å². The molecule has 1 aromatic heterocycles. The molecule has 1 fully saturated rings. The number of quaternary nitrogens is 1. The molecule has 1 aliphatic rings. The highest BCUT2D eigenvalue weighted by Crippen LogP contribution is 2.19. The lowest BCUT2D eigenvalue weighted by atomic mass is 10.1. The third-order valence-corrected chi connectivity index (χ3v) is 5.40. The Morgan fingerprint density at radius 3 is 2.56 bits per heavy atom. The Morgan fingerprint density at radius 2 is 1.89 bits per heavy atom. The molecule has 3 rings (SSSR count). The summed E-state index contributed by atoms with van der Waals surface area (Å²) < 4.78 is 2.13. The second-order valence-corrected chi connectivity index (χ2v) is 7.42. The molecule has 0 spiro atoms. The smallest absolute Gasteiger partial charge is 0.275 e. The Bertz CT molecular complexity index is 807. The highest BCUT2D eigenvalue weighted by atomic mass is 16.2. The minimum Gasteiger partial charge on any atom is -0.350 e. The van der Waals surface area contributed by atoms with Crippen LogP contribution in [0, 0.1) is 13.8 Å². The number of amides is 2. The normalized spacial score (nSPS) is 19.1. The largest absolute Gasteiger partial charge is 0.350 e. The number of aryl methyl sites for hydroxylation is 3. The Hall–Kier alpha value is -2.60. The van der Waals surface area contributed by atoms with Crippen LogP contribution in [-0.2, 0) is 16.6 Å². The van der Waals surface area contributed by atoms with Gasteiger partial charge in [-0.1, -0.05) is 18.2 Å². The van der Waals surface area contributed by atoms with Crippen LogP contribution in [0.25, 0.3) is 0 Å². The molecule has 2 amide bonds. The Balaban J connectivity index is 1.51. The number of carbonyl (C=O) groups is 2. The summed E-state index contributed by atoms with van der Waals surface area (Å²) in [5.74, 6) is -0.279. The van der Waals surface area contributed by atoms with Gasteiger partial charge in [0.25, 0.3) is 5.91 Å². The SMILES string of the molecule is Cc1cccc(C)c1NC(=O)CNC(=O)C[NH+]1CCC[C@H]1c1cccn1C. The fourth-order valence-electron chi connectivity index (χ4n) is 3.96. The molecule has 2 aromatic rings. The molecule has 6 nitrogen and oxygen atoms in total. The number of rotatable bonds is 6. The molecule has 3 N–H and O–H groups in total. The van der Waals surface area contributed by atoms with Crippen molar-refractivity contribution in [2.45, 2.75) is 32.7 Å². The number of anilines is 1. The molecular weight excluding hydrogens is 340 g/mol. The first-order valence-corrected chi connectivity index (χ1v) is 9.54. The predicted octanol–water partition coefficient (Wildman–Crippen LogP) is 1.12. The first-order chi connectivity index (χ1) is 13.0. The lowest BCUT2D eigenvalue weighted by molar-refractivity contribution is -0.911. The third kappa shape index (κ3) is 4.57. The number of carbonyl (C=O) groups excluding carboxylic acids is 2. The van der Waals surface area contributed by atoms with Crippen molar-refractivity contribution in [3.05, 3.63) is 53.3 Å². The van der Waals surface area contributed by atoms with Crippen LogP contribution < -0.4 is 15.5 Å². The van der Waals surface area contributed by atoms with E-state index in [1.807, 2.05) is 51.4 Å². The van der Waals surface area contributed by atoms with Crippen LogP contribution in [0.2, 0.25) is 0 Å². The molecule has 0 radical (unpaired) electrons. The van der Waals surface area contributed by atoms with Crippen molar-refractivity contribution in [2.24, 2.45) is 7.05 Å². The van der Waals surface area contributed by atoms with Crippen molar-refractivity contribution in [1.82, 2.24) is 9.88 Å². The third-order valence-electron chi connectivity index (χ3n) is 5.40. The van der Waals surface area contributed by atoms with E-state index in [1.54, 1.807) is 0 Å². The van der Waals surface area contributed by atoms with Crippen molar-refractivity contribution in [2.75, 3.05) is 25.0 Å². The van der Waals surface area contributed by atoms with Crippen molar-refractivity contribution in [1.29, 1.82) is 0 Å². The Labute approximate surface area is 160 Å². The van der Waals surface area contributed by atoms with Gasteiger partial charge in [0.05, 0.1) is 18.8 Å². The molecule has 0 aliphatic carbocycles. The van der Waals surface area contributed by atoms with E-state index in [0.29, 0.717) is 12.6 Å². The van der Waals surface area contributed by atoms with Gasteiger partial charge < -0.3 is 20.1 Å². The van der Waals surface area contributed by atoms with Gasteiger partial charge in [-0.3, -0.25) is 9.59 Å². The zero-order valence-electron chi connectivity index (χ0n) is 16.3. The van der Waals surface area contributed by atoms with Crippen LogP contribution in [0.4, 0.5) is 5.69 Å². The number of likely N-dealkylation sites (tertiary alicyclic amines) is 1. The summed E-state index contributed by atoms with van der Waals surface area (Å²) in [7, 11) is 2.04. The number of para-hydroxylation sites is 1. The average Bonchev–Trinajstić information content (AvgIpc) is 3.25. The highest BCUT2D eigenvalue weighted by molar-refractivity contribution is 5.95. The predicted molar refractivity (Wildman–Crippen MR) is 106 cm³/mol. The molecule has 0 saturated carbocycles. The van der Waals surface area contributed by atoms with E-state index >= 15 is 0 Å². The second-order valence-electron chi connectivity index (χ2n) is 7.42. The van der Waals surface area contributed by atoms with Crippen LogP contribution in [0.1, 0.15) is 35.7 Å². The first-order valence-electron chi connectivity index (χ1n) is 9.54. The van der Waals surface area contributed by atoms with Gasteiger partial charge in [0.2, 0.25) is 5.91 Å². The quantitative estimate of drug-likeness (QED) is 0.714. The van der Waals surface area contributed by atoms with Crippen LogP contribution in [0.3, 0.4) is 0 Å². The molecule has 1 aliphatic heterocycles. The molecule has 27 heavy (non-hydrogen) atoms. The van der Waals surface area contributed by atoms with E-state index in [9.17, 15) is 9.59 Å². The standard InChI is InChI=1S/C21H28N4O2/c1-15-7-4-8-16(2)21(15)23-19(26)13-22-20(27)14-25-12-6-10-18(25)17-9-5-11-24(17)3/h4-5,7-9,11,18H,6,10,12-14H2,1-3H3,(H,22,27)(H,23,26)/p+1/t18-/m0/s1. The number of nitrogens with zero attached hydrogens (tertiary/aromatic N) is 1. The summed E-state index contributed by atoms with van der Waals surface area (Å²) in [6, 6.07) is 10.4. The van der Waals surface area contributed by atoms with Gasteiger partial charge >= 0.3 is 0 Å². The van der Waals surface area contributed by atoms with E-state index in [0.717, 1.165) is 36.2 Å². The fraction of sp³-hybridized carbons (Fsp3) is 0.429. The molecule has 144 valence electrons. The molecular formula is C21H29N4O2+. The van der Waals surface area contributed by atoms with Crippen molar-refractivity contribution in [3.63, 3.8) is 0 Å². The van der Waals surface area contributed by atoms with Gasteiger partial charge in [-0.15, -0.1) is 0 Å². The summed E-state index contributed by atoms with van der Waals surface area (Å²) in [6.07, 6.45) is 4.25. The van der Waals surface area contributed by atoms with Crippen molar-refractivity contribution < 1.29 is 14.5 Å². The number of nitrogens with one attached hydrogen (secondary N) is 3. The summed E-state index contributed by atoms with van der Waals surface area (Å²) in [5, 5.41) is 5.67. The lowest BCUT2D eigenvalue weighted by Gasteiger charge is -2.21. The second kappa shape index (κ2) is 8.39. The van der Waals surface area contributed by atoms with E-state index < -0.39 is 0 Å². The monoisotopic (exact) mass is 369 g/mol. The van der Waals surface area contributed by atoms with Gasteiger partial charge in [0.1, 0.15) is 6.04 Å². The summed E-state index contributed by atoms with van der Waals surface area (Å²) in [6.45, 7) is 5.29. The number of aromatic nitrogens is 1. The van der Waals surface area contributed by atoms with E-state index in [1.165, 1.54) is 10.6 Å². The van der Waals surface area contributed by atoms with Crippen LogP contribution in [0.15, 0.2) is 36.5 Å². The molecule has 1 unspecified atom stereocenters. The summed E-state index contributed by atoms with van der Waals surface area (Å²) in [5.41, 5.74) is 4.12. The first kappa shape index (κ1) is 19.2. The maximum Gasteiger partial charge on any atom is 0.275 e. The van der Waals surface area contributed by atoms with Gasteiger partial charge in [-0.05, 0) is 37.1 Å². The Kier molecular flexibility index (Phi) is 5.96. The molecule has 1 aromatic carbocycles. The number of hydrogen-bond donors (Lipinski definition) is 3. The summed E-state index contributed by atoms with van der Waals surface area (Å²) in [4.78, 5) is 25.9. The zero-order chi connectivity index (χ0) is 19.4. The van der Waals surface area contributed by atoms with E-state index in [2.05, 4.69) is 21.3 Å². The maximum atomic E-state index is 12.4. The van der Waals surface area contributed by atoms with Gasteiger partial charge in [0.15, 0.2) is 6.54 Å². The van der Waals surface area contributed by atoms with Crippen molar-refractivity contribution in [3.8, 4) is 0 Å². The molecule has 2 atom stereocenters. The minimum atomic E-state index is -0.198. The zero-order valence-corrected chi connectivity index (χ0v) is 16.3. The van der Waals surface area contributed by atoms with Gasteiger partial charge in [0, 0.05) is 31.8 Å². The topological polar surface area (TPSA) is 67.6 Å². The van der Waals surface area contributed by atoms with Crippen LogP contribution >= 0.6 is 0 Å². The molecule has 0 bridgehead atoms. The highest BCUT2D eigenvalue weighted by Gasteiger charge is 2.32. The van der Waals surface area contributed by atoms with Crippen LogP contribution in [0.5, 0.6) is 0 Å². The average molecular weight is 369 g/mol. The Morgan fingerprint density at radius 1 is 1.15 bits per heavy atom. The molecule has 6 heteroatoms. The van der Waals surface area contributed by atoms with Crippen LogP contribution in [-0.4, -0.2) is 36.0 Å². The van der Waals surface area contributed by atoms with Gasteiger partial charge in [-0.2, -0.15) is 0 Å². The molecule has 2 heterocycles. The van der Waals surface area contributed by atoms with E-state index in [4.69, 9.17) is 0 Å². The fourth-order valence-corrected chi connectivity index (χ4v) is 3.96. The lowest BCUT2D eigenvalue weighted by Crippen LogP contribution is -3.11. The summed E-state index contributed by atoms with van der Waals surface area (Å²) >= 11 is 0. The number of hydrogen-bond acceptors (Lipinski definition) is 2. The van der Waals surface area contributed by atoms with Gasteiger partial charge in [-0.25, -0.2) is 0 Å². The number of benzene rings is 1. The maximum absolute atomic E-state index is 12.4. The minimum absolute atomic E-state index is 0.00525. The van der Waals surface area contributed by atoms with Crippen molar-refractivity contribution >= 4 is 17.5 Å². The molecule has 1 saturated heterocycles.